The number of hydrogen-bond donors (Lipinski definition) is 1. The number of amides is 1. The van der Waals surface area contributed by atoms with Crippen molar-refractivity contribution in [2.45, 2.75) is 32.4 Å². The van der Waals surface area contributed by atoms with E-state index in [0.29, 0.717) is 12.5 Å². The summed E-state index contributed by atoms with van der Waals surface area (Å²) in [5.41, 5.74) is 1.03. The van der Waals surface area contributed by atoms with Crippen molar-refractivity contribution in [3.05, 3.63) is 29.8 Å². The van der Waals surface area contributed by atoms with Crippen LogP contribution in [-0.4, -0.2) is 43.1 Å². The molecule has 1 N–H and O–H groups in total. The topological polar surface area (TPSA) is 41.6 Å². The van der Waals surface area contributed by atoms with Gasteiger partial charge in [-0.05, 0) is 31.5 Å². The summed E-state index contributed by atoms with van der Waals surface area (Å²) in [5.74, 6) is 1.02. The monoisotopic (exact) mass is 298 g/mol. The van der Waals surface area contributed by atoms with E-state index in [9.17, 15) is 4.79 Å². The molecule has 2 atom stereocenters. The SMILES string of the molecule is COc1ccc(CC(=O)N2CCNC(C)C2C)cc1.Cl. The molecule has 2 unspecified atom stereocenters. The van der Waals surface area contributed by atoms with Crippen molar-refractivity contribution in [2.75, 3.05) is 20.2 Å². The van der Waals surface area contributed by atoms with Crippen LogP contribution in [0.15, 0.2) is 24.3 Å². The number of nitrogens with zero attached hydrogens (tertiary/aromatic N) is 1. The van der Waals surface area contributed by atoms with E-state index in [2.05, 4.69) is 19.2 Å². The minimum Gasteiger partial charge on any atom is -0.497 e. The molecule has 0 saturated carbocycles. The summed E-state index contributed by atoms with van der Waals surface area (Å²) in [7, 11) is 1.64. The molecule has 2 rings (SSSR count). The Balaban J connectivity index is 0.00000200. The van der Waals surface area contributed by atoms with Gasteiger partial charge in [-0.2, -0.15) is 0 Å². The third-order valence-electron chi connectivity index (χ3n) is 3.87. The van der Waals surface area contributed by atoms with E-state index in [0.717, 1.165) is 24.4 Å². The predicted molar refractivity (Wildman–Crippen MR) is 82.6 cm³/mol. The van der Waals surface area contributed by atoms with Crippen molar-refractivity contribution in [1.82, 2.24) is 10.2 Å². The second-order valence-electron chi connectivity index (χ2n) is 5.10. The molecule has 1 aliphatic rings. The molecular weight excluding hydrogens is 276 g/mol. The van der Waals surface area contributed by atoms with Crippen LogP contribution in [-0.2, 0) is 11.2 Å². The molecule has 5 heteroatoms. The van der Waals surface area contributed by atoms with Gasteiger partial charge in [0.05, 0.1) is 13.5 Å². The number of rotatable bonds is 3. The zero-order chi connectivity index (χ0) is 13.8. The largest absolute Gasteiger partial charge is 0.497 e. The van der Waals surface area contributed by atoms with E-state index in [1.54, 1.807) is 7.11 Å². The zero-order valence-corrected chi connectivity index (χ0v) is 13.1. The highest BCUT2D eigenvalue weighted by molar-refractivity contribution is 5.85. The van der Waals surface area contributed by atoms with Crippen LogP contribution in [0.5, 0.6) is 5.75 Å². The van der Waals surface area contributed by atoms with Crippen LogP contribution in [0.1, 0.15) is 19.4 Å². The molecule has 1 saturated heterocycles. The van der Waals surface area contributed by atoms with E-state index < -0.39 is 0 Å². The molecule has 1 aromatic rings. The highest BCUT2D eigenvalue weighted by atomic mass is 35.5. The Morgan fingerprint density at radius 3 is 2.60 bits per heavy atom. The molecule has 4 nitrogen and oxygen atoms in total. The number of hydrogen-bond acceptors (Lipinski definition) is 3. The Kier molecular flexibility index (Phi) is 6.30. The number of benzene rings is 1. The van der Waals surface area contributed by atoms with Gasteiger partial charge in [0, 0.05) is 25.2 Å². The van der Waals surface area contributed by atoms with Gasteiger partial charge in [0.2, 0.25) is 5.91 Å². The number of halogens is 1. The summed E-state index contributed by atoms with van der Waals surface area (Å²) in [6, 6.07) is 8.30. The highest BCUT2D eigenvalue weighted by Crippen LogP contribution is 2.15. The summed E-state index contributed by atoms with van der Waals surface area (Å²) >= 11 is 0. The van der Waals surface area contributed by atoms with Crippen LogP contribution < -0.4 is 10.1 Å². The Labute approximate surface area is 126 Å². The Morgan fingerprint density at radius 2 is 2.00 bits per heavy atom. The van der Waals surface area contributed by atoms with Gasteiger partial charge < -0.3 is 15.0 Å². The van der Waals surface area contributed by atoms with Crippen molar-refractivity contribution in [3.63, 3.8) is 0 Å². The second-order valence-corrected chi connectivity index (χ2v) is 5.10. The van der Waals surface area contributed by atoms with Crippen LogP contribution in [0.4, 0.5) is 0 Å². The van der Waals surface area contributed by atoms with E-state index >= 15 is 0 Å². The molecule has 1 aliphatic heterocycles. The molecule has 112 valence electrons. The molecule has 0 aromatic heterocycles. The van der Waals surface area contributed by atoms with E-state index in [1.807, 2.05) is 29.2 Å². The first-order chi connectivity index (χ1) is 9.11. The summed E-state index contributed by atoms with van der Waals surface area (Å²) in [6.07, 6.45) is 0.459. The third-order valence-corrected chi connectivity index (χ3v) is 3.87. The van der Waals surface area contributed by atoms with E-state index in [4.69, 9.17) is 4.74 Å². The van der Waals surface area contributed by atoms with Gasteiger partial charge in [-0.1, -0.05) is 12.1 Å². The Bertz CT molecular complexity index is 436. The lowest BCUT2D eigenvalue weighted by Crippen LogP contribution is -2.57. The Hall–Kier alpha value is -1.26. The molecular formula is C15H23ClN2O2. The summed E-state index contributed by atoms with van der Waals surface area (Å²) in [5, 5.41) is 3.39. The molecule has 0 radical (unpaired) electrons. The molecule has 1 aromatic carbocycles. The van der Waals surface area contributed by atoms with Gasteiger partial charge in [-0.25, -0.2) is 0 Å². The average Bonchev–Trinajstić information content (AvgIpc) is 2.42. The summed E-state index contributed by atoms with van der Waals surface area (Å²) < 4.78 is 5.12. The van der Waals surface area contributed by atoms with Crippen LogP contribution >= 0.6 is 12.4 Å². The van der Waals surface area contributed by atoms with Gasteiger partial charge in [0.1, 0.15) is 5.75 Å². The fourth-order valence-electron chi connectivity index (χ4n) is 2.43. The number of carbonyl (C=O) groups is 1. The first kappa shape index (κ1) is 16.8. The molecule has 0 aliphatic carbocycles. The summed E-state index contributed by atoms with van der Waals surface area (Å²) in [4.78, 5) is 14.3. The van der Waals surface area contributed by atoms with Crippen LogP contribution in [0.2, 0.25) is 0 Å². The van der Waals surface area contributed by atoms with Crippen molar-refractivity contribution in [3.8, 4) is 5.75 Å². The number of ether oxygens (including phenoxy) is 1. The van der Waals surface area contributed by atoms with Crippen molar-refractivity contribution < 1.29 is 9.53 Å². The number of carbonyl (C=O) groups excluding carboxylic acids is 1. The maximum Gasteiger partial charge on any atom is 0.227 e. The molecule has 1 heterocycles. The maximum absolute atomic E-state index is 12.3. The Morgan fingerprint density at radius 1 is 1.35 bits per heavy atom. The molecule has 1 amide bonds. The molecule has 0 spiro atoms. The fraction of sp³-hybridized carbons (Fsp3) is 0.533. The smallest absolute Gasteiger partial charge is 0.227 e. The maximum atomic E-state index is 12.3. The number of nitrogens with one attached hydrogen (secondary N) is 1. The predicted octanol–water partition coefficient (Wildman–Crippen LogP) is 1.87. The van der Waals surface area contributed by atoms with Crippen molar-refractivity contribution >= 4 is 18.3 Å². The van der Waals surface area contributed by atoms with E-state index in [1.165, 1.54) is 0 Å². The third kappa shape index (κ3) is 3.87. The van der Waals surface area contributed by atoms with E-state index in [-0.39, 0.29) is 24.4 Å². The second kappa shape index (κ2) is 7.50. The lowest BCUT2D eigenvalue weighted by molar-refractivity contribution is -0.134. The van der Waals surface area contributed by atoms with Gasteiger partial charge >= 0.3 is 0 Å². The quantitative estimate of drug-likeness (QED) is 0.926. The average molecular weight is 299 g/mol. The standard InChI is InChI=1S/C15H22N2O2.ClH/c1-11-12(2)17(9-8-16-11)15(18)10-13-4-6-14(19-3)7-5-13;/h4-7,11-12,16H,8-10H2,1-3H3;1H. The lowest BCUT2D eigenvalue weighted by Gasteiger charge is -2.38. The number of methoxy groups -OCH3 is 1. The van der Waals surface area contributed by atoms with Gasteiger partial charge in [0.15, 0.2) is 0 Å². The fourth-order valence-corrected chi connectivity index (χ4v) is 2.43. The minimum absolute atomic E-state index is 0. The van der Waals surface area contributed by atoms with Crippen molar-refractivity contribution in [2.24, 2.45) is 0 Å². The highest BCUT2D eigenvalue weighted by Gasteiger charge is 2.27. The van der Waals surface area contributed by atoms with Crippen molar-refractivity contribution in [1.29, 1.82) is 0 Å². The molecule has 20 heavy (non-hydrogen) atoms. The first-order valence-corrected chi connectivity index (χ1v) is 6.77. The van der Waals surface area contributed by atoms with Crippen LogP contribution in [0.3, 0.4) is 0 Å². The van der Waals surface area contributed by atoms with Crippen LogP contribution in [0.25, 0.3) is 0 Å². The molecule has 0 bridgehead atoms. The normalized spacial score (nSPS) is 22.1. The summed E-state index contributed by atoms with van der Waals surface area (Å²) in [6.45, 7) is 5.89. The zero-order valence-electron chi connectivity index (χ0n) is 12.3. The van der Waals surface area contributed by atoms with Gasteiger partial charge in [-0.3, -0.25) is 4.79 Å². The van der Waals surface area contributed by atoms with Gasteiger partial charge in [-0.15, -0.1) is 12.4 Å². The minimum atomic E-state index is 0. The molecule has 1 fully saturated rings. The van der Waals surface area contributed by atoms with Gasteiger partial charge in [0.25, 0.3) is 0 Å². The number of piperazine rings is 1. The first-order valence-electron chi connectivity index (χ1n) is 6.77. The van der Waals surface area contributed by atoms with Crippen LogP contribution in [0, 0.1) is 0 Å². The lowest BCUT2D eigenvalue weighted by atomic mass is 10.0.